The molecule has 0 radical (unpaired) electrons. The molecule has 21 heavy (non-hydrogen) atoms. The van der Waals surface area contributed by atoms with Crippen molar-refractivity contribution in [3.8, 4) is 0 Å². The summed E-state index contributed by atoms with van der Waals surface area (Å²) in [6.07, 6.45) is 2.65. The summed E-state index contributed by atoms with van der Waals surface area (Å²) in [5.41, 5.74) is 2.57. The highest BCUT2D eigenvalue weighted by molar-refractivity contribution is 14.1. The summed E-state index contributed by atoms with van der Waals surface area (Å²) < 4.78 is 5.50. The lowest BCUT2D eigenvalue weighted by Crippen LogP contribution is -2.26. The monoisotopic (exact) mass is 465 g/mol. The third-order valence-corrected chi connectivity index (χ3v) is 5.06. The van der Waals surface area contributed by atoms with E-state index < -0.39 is 0 Å². The summed E-state index contributed by atoms with van der Waals surface area (Å²) >= 11 is 5.62. The van der Waals surface area contributed by atoms with Gasteiger partial charge in [-0.05, 0) is 58.8 Å². The largest absolute Gasteiger partial charge is 0.351 e. The summed E-state index contributed by atoms with van der Waals surface area (Å²) in [5.74, 6) is -0.130. The van der Waals surface area contributed by atoms with Crippen LogP contribution in [0.15, 0.2) is 10.7 Å². The Morgan fingerprint density at radius 2 is 2.14 bits per heavy atom. The van der Waals surface area contributed by atoms with Gasteiger partial charge in [0.15, 0.2) is 5.69 Å². The molecular weight excluding hydrogens is 449 g/mol. The van der Waals surface area contributed by atoms with Gasteiger partial charge in [0.05, 0.1) is 13.7 Å². The second-order valence-electron chi connectivity index (χ2n) is 4.82. The van der Waals surface area contributed by atoms with Crippen LogP contribution >= 0.6 is 38.5 Å². The summed E-state index contributed by atoms with van der Waals surface area (Å²) in [4.78, 5) is 12.0. The molecule has 2 rings (SSSR count). The van der Waals surface area contributed by atoms with Crippen LogP contribution in [0.5, 0.6) is 0 Å². The number of hydrogen-bond acceptors (Lipinski definition) is 3. The molecule has 0 atom stereocenters. The van der Waals surface area contributed by atoms with Gasteiger partial charge in [-0.2, -0.15) is 10.2 Å². The first-order valence-electron chi connectivity index (χ1n) is 6.57. The maximum atomic E-state index is 12.0. The highest BCUT2D eigenvalue weighted by atomic mass is 127. The van der Waals surface area contributed by atoms with Gasteiger partial charge in [-0.3, -0.25) is 14.2 Å². The van der Waals surface area contributed by atoms with E-state index in [1.165, 1.54) is 0 Å². The van der Waals surface area contributed by atoms with Crippen molar-refractivity contribution >= 4 is 44.4 Å². The molecule has 1 amide bonds. The average molecular weight is 466 g/mol. The molecule has 0 saturated heterocycles. The average Bonchev–Trinajstić information content (AvgIpc) is 2.89. The number of hydrogen-bond donors (Lipinski definition) is 1. The Balaban J connectivity index is 1.83. The van der Waals surface area contributed by atoms with Crippen molar-refractivity contribution in [1.82, 2.24) is 24.9 Å². The van der Waals surface area contributed by atoms with Gasteiger partial charge in [0, 0.05) is 32.0 Å². The SMILES string of the molecule is Cc1nn(CCCNC(=O)c2nn(C)cc2I)c(C)c1Br. The Morgan fingerprint density at radius 1 is 1.43 bits per heavy atom. The predicted molar refractivity (Wildman–Crippen MR) is 92.3 cm³/mol. The van der Waals surface area contributed by atoms with E-state index >= 15 is 0 Å². The predicted octanol–water partition coefficient (Wildman–Crippen LogP) is 2.42. The summed E-state index contributed by atoms with van der Waals surface area (Å²) in [6, 6.07) is 0. The van der Waals surface area contributed by atoms with Crippen LogP contribution < -0.4 is 5.32 Å². The van der Waals surface area contributed by atoms with Crippen molar-refractivity contribution in [2.45, 2.75) is 26.8 Å². The molecule has 0 aliphatic heterocycles. The third-order valence-electron chi connectivity index (χ3n) is 3.12. The lowest BCUT2D eigenvalue weighted by molar-refractivity contribution is 0.0946. The number of carbonyl (C=O) groups excluding carboxylic acids is 1. The molecule has 0 aliphatic carbocycles. The zero-order valence-corrected chi connectivity index (χ0v) is 15.9. The third kappa shape index (κ3) is 3.85. The van der Waals surface area contributed by atoms with Crippen LogP contribution in [0, 0.1) is 17.4 Å². The minimum atomic E-state index is -0.130. The standard InChI is InChI=1S/C13H17BrIN5O/c1-8-11(14)9(2)20(17-8)6-4-5-16-13(21)12-10(15)7-19(3)18-12/h7H,4-6H2,1-3H3,(H,16,21). The quantitative estimate of drug-likeness (QED) is 0.544. The van der Waals surface area contributed by atoms with Crippen LogP contribution in [0.25, 0.3) is 0 Å². The van der Waals surface area contributed by atoms with Crippen LogP contribution in [0.2, 0.25) is 0 Å². The van der Waals surface area contributed by atoms with E-state index in [0.717, 1.165) is 32.4 Å². The number of aromatic nitrogens is 4. The number of carbonyl (C=O) groups is 1. The van der Waals surface area contributed by atoms with Gasteiger partial charge in [-0.1, -0.05) is 0 Å². The Kier molecular flexibility index (Phi) is 5.42. The van der Waals surface area contributed by atoms with Crippen LogP contribution in [0.1, 0.15) is 28.3 Å². The number of aryl methyl sites for hydroxylation is 3. The molecule has 0 unspecified atom stereocenters. The molecular formula is C13H17BrIN5O. The summed E-state index contributed by atoms with van der Waals surface area (Å²) in [5, 5.41) is 11.5. The second kappa shape index (κ2) is 6.91. The second-order valence-corrected chi connectivity index (χ2v) is 6.77. The van der Waals surface area contributed by atoms with E-state index in [4.69, 9.17) is 0 Å². The smallest absolute Gasteiger partial charge is 0.272 e. The minimum absolute atomic E-state index is 0.130. The van der Waals surface area contributed by atoms with Gasteiger partial charge in [0.2, 0.25) is 0 Å². The minimum Gasteiger partial charge on any atom is -0.351 e. The number of nitrogens with one attached hydrogen (secondary N) is 1. The van der Waals surface area contributed by atoms with Crippen molar-refractivity contribution in [3.05, 3.63) is 31.3 Å². The van der Waals surface area contributed by atoms with Crippen molar-refractivity contribution in [2.24, 2.45) is 7.05 Å². The van der Waals surface area contributed by atoms with Crippen molar-refractivity contribution in [2.75, 3.05) is 6.54 Å². The van der Waals surface area contributed by atoms with E-state index in [1.54, 1.807) is 11.7 Å². The van der Waals surface area contributed by atoms with Gasteiger partial charge in [-0.25, -0.2) is 0 Å². The van der Waals surface area contributed by atoms with Gasteiger partial charge in [-0.15, -0.1) is 0 Å². The van der Waals surface area contributed by atoms with E-state index in [-0.39, 0.29) is 5.91 Å². The van der Waals surface area contributed by atoms with E-state index in [0.29, 0.717) is 12.2 Å². The van der Waals surface area contributed by atoms with E-state index in [1.807, 2.05) is 24.7 Å². The molecule has 114 valence electrons. The summed E-state index contributed by atoms with van der Waals surface area (Å²) in [7, 11) is 1.81. The van der Waals surface area contributed by atoms with Gasteiger partial charge in [0.25, 0.3) is 5.91 Å². The fraction of sp³-hybridized carbons (Fsp3) is 0.462. The fourth-order valence-electron chi connectivity index (χ4n) is 2.02. The first-order chi connectivity index (χ1) is 9.90. The zero-order chi connectivity index (χ0) is 15.6. The molecule has 6 nitrogen and oxygen atoms in total. The maximum absolute atomic E-state index is 12.0. The maximum Gasteiger partial charge on any atom is 0.272 e. The van der Waals surface area contributed by atoms with Crippen LogP contribution in [0.3, 0.4) is 0 Å². The normalized spacial score (nSPS) is 10.9. The van der Waals surface area contributed by atoms with E-state index in [9.17, 15) is 4.79 Å². The molecule has 0 aromatic carbocycles. The Morgan fingerprint density at radius 3 is 2.67 bits per heavy atom. The number of rotatable bonds is 5. The molecule has 0 fully saturated rings. The molecule has 2 aromatic rings. The van der Waals surface area contributed by atoms with Crippen molar-refractivity contribution in [1.29, 1.82) is 0 Å². The fourth-order valence-corrected chi connectivity index (χ4v) is 3.06. The first kappa shape index (κ1) is 16.5. The lowest BCUT2D eigenvalue weighted by Gasteiger charge is -2.06. The molecule has 8 heteroatoms. The Labute approximate surface area is 145 Å². The number of halogens is 2. The highest BCUT2D eigenvalue weighted by Crippen LogP contribution is 2.19. The van der Waals surface area contributed by atoms with Crippen LogP contribution in [0.4, 0.5) is 0 Å². The van der Waals surface area contributed by atoms with Crippen molar-refractivity contribution < 1.29 is 4.79 Å². The van der Waals surface area contributed by atoms with Gasteiger partial charge >= 0.3 is 0 Å². The Hall–Kier alpha value is -0.900. The molecule has 1 N–H and O–H groups in total. The van der Waals surface area contributed by atoms with Gasteiger partial charge in [0.1, 0.15) is 0 Å². The highest BCUT2D eigenvalue weighted by Gasteiger charge is 2.13. The van der Waals surface area contributed by atoms with Crippen molar-refractivity contribution in [3.63, 3.8) is 0 Å². The molecule has 0 spiro atoms. The molecule has 0 saturated carbocycles. The molecule has 2 heterocycles. The van der Waals surface area contributed by atoms with Crippen LogP contribution in [-0.2, 0) is 13.6 Å². The Bertz CT molecular complexity index is 664. The zero-order valence-electron chi connectivity index (χ0n) is 12.2. The summed E-state index contributed by atoms with van der Waals surface area (Å²) in [6.45, 7) is 5.37. The van der Waals surface area contributed by atoms with E-state index in [2.05, 4.69) is 54.0 Å². The molecule has 2 aromatic heterocycles. The molecule has 0 bridgehead atoms. The number of amides is 1. The first-order valence-corrected chi connectivity index (χ1v) is 8.44. The molecule has 0 aliphatic rings. The lowest BCUT2D eigenvalue weighted by atomic mass is 10.3. The van der Waals surface area contributed by atoms with Gasteiger partial charge < -0.3 is 5.32 Å². The van der Waals surface area contributed by atoms with Crippen LogP contribution in [-0.4, -0.2) is 32.0 Å². The topological polar surface area (TPSA) is 64.7 Å². The number of nitrogens with zero attached hydrogens (tertiary/aromatic N) is 4.